The van der Waals surface area contributed by atoms with E-state index in [1.807, 2.05) is 0 Å². The van der Waals surface area contributed by atoms with Gasteiger partial charge >= 0.3 is 0 Å². The molecule has 0 radical (unpaired) electrons. The van der Waals surface area contributed by atoms with Crippen LogP contribution in [0.3, 0.4) is 0 Å². The Morgan fingerprint density at radius 2 is 1.93 bits per heavy atom. The maximum atomic E-state index is 14.1. The molecular weight excluding hydrogens is 247 g/mol. The van der Waals surface area contributed by atoms with Crippen LogP contribution in [0.4, 0.5) is 4.39 Å². The zero-order valence-electron chi connectivity index (χ0n) is 7.54. The largest absolute Gasteiger partial charge is 0.294 e. The number of carbonyl (C=O) groups is 1. The second-order valence-electron chi connectivity index (χ2n) is 3.58. The molecule has 0 aromatic heterocycles. The van der Waals surface area contributed by atoms with Gasteiger partial charge in [0.1, 0.15) is 0 Å². The predicted octanol–water partition coefficient (Wildman–Crippen LogP) is 3.18. The molecule has 0 amide bonds. The fraction of sp³-hybridized carbons (Fsp3) is 0.364. The number of Topliss-reactive ketones (excluding diaryl/α,β-unsaturated/α-hetero) is 1. The lowest BCUT2D eigenvalue weighted by Gasteiger charge is -2.16. The molecule has 1 aliphatic carbocycles. The number of carbonyl (C=O) groups excluding carboxylic acids is 1. The fourth-order valence-corrected chi connectivity index (χ4v) is 1.98. The smallest absolute Gasteiger partial charge is 0.247 e. The summed E-state index contributed by atoms with van der Waals surface area (Å²) in [4.78, 5) is 11.6. The number of hydrogen-bond donors (Lipinski definition) is 0. The molecule has 1 nitrogen and oxygen atoms in total. The molecule has 3 heteroatoms. The fourth-order valence-electron chi connectivity index (χ4n) is 1.39. The number of alkyl halides is 2. The summed E-state index contributed by atoms with van der Waals surface area (Å²) in [6, 6.07) is 8.49. The molecule has 1 atom stereocenters. The highest BCUT2D eigenvalue weighted by molar-refractivity contribution is 9.10. The van der Waals surface area contributed by atoms with Crippen molar-refractivity contribution in [1.82, 2.24) is 0 Å². The van der Waals surface area contributed by atoms with Gasteiger partial charge in [0.2, 0.25) is 4.58 Å². The van der Waals surface area contributed by atoms with Gasteiger partial charge in [-0.15, -0.1) is 0 Å². The maximum Gasteiger partial charge on any atom is 0.247 e. The van der Waals surface area contributed by atoms with Crippen molar-refractivity contribution < 1.29 is 9.18 Å². The summed E-state index contributed by atoms with van der Waals surface area (Å²) in [5.41, 5.74) is 0.386. The van der Waals surface area contributed by atoms with E-state index in [1.165, 1.54) is 0 Å². The van der Waals surface area contributed by atoms with Gasteiger partial charge in [-0.3, -0.25) is 4.79 Å². The molecule has 0 saturated heterocycles. The van der Waals surface area contributed by atoms with E-state index in [1.54, 1.807) is 30.3 Å². The Hall–Kier alpha value is -0.700. The normalized spacial score (nSPS) is 20.1. The van der Waals surface area contributed by atoms with Crippen LogP contribution in [0.5, 0.6) is 0 Å². The molecule has 1 saturated carbocycles. The molecule has 1 fully saturated rings. The Balaban J connectivity index is 2.27. The van der Waals surface area contributed by atoms with Crippen LogP contribution in [0.2, 0.25) is 0 Å². The van der Waals surface area contributed by atoms with Crippen LogP contribution in [0.25, 0.3) is 0 Å². The van der Waals surface area contributed by atoms with Crippen LogP contribution in [0.15, 0.2) is 30.3 Å². The summed E-state index contributed by atoms with van der Waals surface area (Å²) in [5.74, 6) is -0.428. The molecule has 0 spiro atoms. The number of benzene rings is 1. The number of rotatable bonds is 3. The zero-order valence-corrected chi connectivity index (χ0v) is 9.13. The third-order valence-electron chi connectivity index (χ3n) is 2.39. The van der Waals surface area contributed by atoms with Gasteiger partial charge in [0.05, 0.1) is 0 Å². The molecule has 14 heavy (non-hydrogen) atoms. The number of halogens is 2. The third kappa shape index (κ3) is 1.73. The molecule has 0 N–H and O–H groups in total. The van der Waals surface area contributed by atoms with Crippen molar-refractivity contribution in [2.24, 2.45) is 5.92 Å². The second-order valence-corrected chi connectivity index (χ2v) is 4.67. The lowest BCUT2D eigenvalue weighted by Crippen LogP contribution is -2.25. The van der Waals surface area contributed by atoms with Crippen LogP contribution in [0.1, 0.15) is 18.4 Å². The molecule has 0 aliphatic heterocycles. The van der Waals surface area contributed by atoms with Crippen molar-refractivity contribution in [3.63, 3.8) is 0 Å². The van der Waals surface area contributed by atoms with Crippen LogP contribution in [-0.4, -0.2) is 5.78 Å². The Bertz CT molecular complexity index is 344. The molecule has 1 aromatic carbocycles. The predicted molar refractivity (Wildman–Crippen MR) is 55.9 cm³/mol. The van der Waals surface area contributed by atoms with E-state index < -0.39 is 4.58 Å². The van der Waals surface area contributed by atoms with E-state index in [9.17, 15) is 9.18 Å². The lowest BCUT2D eigenvalue weighted by atomic mass is 10.0. The van der Waals surface area contributed by atoms with Crippen molar-refractivity contribution in [1.29, 1.82) is 0 Å². The van der Waals surface area contributed by atoms with Gasteiger partial charge < -0.3 is 0 Å². The summed E-state index contributed by atoms with van der Waals surface area (Å²) in [7, 11) is 0. The first-order valence-corrected chi connectivity index (χ1v) is 5.39. The minimum absolute atomic E-state index is 0.0837. The van der Waals surface area contributed by atoms with Gasteiger partial charge in [0, 0.05) is 11.5 Å². The van der Waals surface area contributed by atoms with Crippen molar-refractivity contribution in [2.75, 3.05) is 0 Å². The molecule has 0 bridgehead atoms. The first kappa shape index (κ1) is 9.84. The molecule has 74 valence electrons. The molecule has 1 aromatic rings. The Labute approximate surface area is 90.4 Å². The first-order valence-electron chi connectivity index (χ1n) is 4.60. The van der Waals surface area contributed by atoms with E-state index in [0.29, 0.717) is 5.56 Å². The number of ketones is 1. The van der Waals surface area contributed by atoms with Gasteiger partial charge in [-0.2, -0.15) is 0 Å². The highest BCUT2D eigenvalue weighted by Crippen LogP contribution is 2.43. The first-order chi connectivity index (χ1) is 6.62. The van der Waals surface area contributed by atoms with E-state index in [0.717, 1.165) is 12.8 Å². The Kier molecular flexibility index (Phi) is 2.43. The molecule has 1 aliphatic rings. The van der Waals surface area contributed by atoms with Crippen LogP contribution in [0, 0.1) is 5.92 Å². The quantitative estimate of drug-likeness (QED) is 0.760. The third-order valence-corrected chi connectivity index (χ3v) is 3.24. The summed E-state index contributed by atoms with van der Waals surface area (Å²) < 4.78 is 12.1. The second kappa shape index (κ2) is 3.46. The van der Waals surface area contributed by atoms with E-state index in [4.69, 9.17) is 0 Å². The van der Waals surface area contributed by atoms with Gasteiger partial charge in [-0.25, -0.2) is 4.39 Å². The minimum Gasteiger partial charge on any atom is -0.294 e. The van der Waals surface area contributed by atoms with Crippen LogP contribution < -0.4 is 0 Å². The standard InChI is InChI=1S/C11H10BrFO/c12-11(13,10(14)8-6-7-8)9-4-2-1-3-5-9/h1-5,8H,6-7H2. The Morgan fingerprint density at radius 1 is 1.36 bits per heavy atom. The van der Waals surface area contributed by atoms with Crippen molar-refractivity contribution >= 4 is 21.7 Å². The number of hydrogen-bond acceptors (Lipinski definition) is 1. The van der Waals surface area contributed by atoms with Gasteiger partial charge in [0.15, 0.2) is 5.78 Å². The van der Waals surface area contributed by atoms with Crippen molar-refractivity contribution in [2.45, 2.75) is 17.4 Å². The van der Waals surface area contributed by atoms with Gasteiger partial charge in [-0.1, -0.05) is 30.3 Å². The average molecular weight is 257 g/mol. The lowest BCUT2D eigenvalue weighted by molar-refractivity contribution is -0.126. The van der Waals surface area contributed by atoms with E-state index >= 15 is 0 Å². The van der Waals surface area contributed by atoms with E-state index in [2.05, 4.69) is 15.9 Å². The summed E-state index contributed by atoms with van der Waals surface area (Å²) in [6.07, 6.45) is 1.64. The van der Waals surface area contributed by atoms with Crippen molar-refractivity contribution in [3.05, 3.63) is 35.9 Å². The molecule has 0 heterocycles. The summed E-state index contributed by atoms with van der Waals surface area (Å²) in [5, 5.41) is 0. The maximum absolute atomic E-state index is 14.1. The van der Waals surface area contributed by atoms with Crippen molar-refractivity contribution in [3.8, 4) is 0 Å². The Morgan fingerprint density at radius 3 is 2.43 bits per heavy atom. The van der Waals surface area contributed by atoms with Gasteiger partial charge in [0.25, 0.3) is 0 Å². The molecular formula is C11H10BrFO. The average Bonchev–Trinajstić information content (AvgIpc) is 3.01. The summed E-state index contributed by atoms with van der Waals surface area (Å²) >= 11 is 2.88. The SMILES string of the molecule is O=C(C1CC1)C(F)(Br)c1ccccc1. The zero-order chi connectivity index (χ0) is 10.2. The molecule has 2 rings (SSSR count). The van der Waals surface area contributed by atoms with Crippen LogP contribution >= 0.6 is 15.9 Å². The van der Waals surface area contributed by atoms with Crippen LogP contribution in [-0.2, 0) is 9.37 Å². The minimum atomic E-state index is -1.99. The van der Waals surface area contributed by atoms with E-state index in [-0.39, 0.29) is 11.7 Å². The van der Waals surface area contributed by atoms with Gasteiger partial charge in [-0.05, 0) is 28.8 Å². The summed E-state index contributed by atoms with van der Waals surface area (Å²) in [6.45, 7) is 0. The highest BCUT2D eigenvalue weighted by Gasteiger charge is 2.45. The monoisotopic (exact) mass is 256 g/mol. The highest BCUT2D eigenvalue weighted by atomic mass is 79.9. The topological polar surface area (TPSA) is 17.1 Å². The molecule has 1 unspecified atom stereocenters.